The van der Waals surface area contributed by atoms with E-state index in [4.69, 9.17) is 19.2 Å². The Kier molecular flexibility index (Phi) is 6.84. The van der Waals surface area contributed by atoms with Crippen LogP contribution in [0.4, 0.5) is 8.78 Å². The zero-order valence-corrected chi connectivity index (χ0v) is 23.2. The van der Waals surface area contributed by atoms with E-state index in [9.17, 15) is 13.6 Å². The number of esters is 1. The molecule has 0 N–H and O–H groups in total. The standard InChI is InChI=1S/C31H34F2N2O4/c1-18-13-23-22(7-8-25(35-23)30(6,32)33)28(27(18)24(17-37-19(2)36)39-29(3,4)5)21-9-11-31-15-20(10-12-38-31)16-34-26(31)14-21/h7-9,13-16,24H,10-12,17H2,1-6H3/t24-,31-/m1/s1. The summed E-state index contributed by atoms with van der Waals surface area (Å²) in [6.07, 6.45) is 8.93. The van der Waals surface area contributed by atoms with Crippen molar-refractivity contribution < 1.29 is 27.8 Å². The minimum absolute atomic E-state index is 0.00560. The first-order chi connectivity index (χ1) is 18.3. The predicted octanol–water partition coefficient (Wildman–Crippen LogP) is 6.92. The van der Waals surface area contributed by atoms with Crippen molar-refractivity contribution in [2.45, 2.75) is 77.6 Å². The third-order valence-corrected chi connectivity index (χ3v) is 7.13. The predicted molar refractivity (Wildman–Crippen MR) is 147 cm³/mol. The summed E-state index contributed by atoms with van der Waals surface area (Å²) in [4.78, 5) is 20.9. The van der Waals surface area contributed by atoms with Crippen LogP contribution in [-0.2, 0) is 24.9 Å². The molecule has 0 saturated heterocycles. The van der Waals surface area contributed by atoms with Crippen molar-refractivity contribution in [3.05, 3.63) is 70.1 Å². The summed E-state index contributed by atoms with van der Waals surface area (Å²) in [5.41, 5.74) is 4.24. The van der Waals surface area contributed by atoms with E-state index in [1.54, 1.807) is 12.1 Å². The number of dihydropyridines is 1. The Morgan fingerprint density at radius 3 is 2.69 bits per heavy atom. The third kappa shape index (κ3) is 5.45. The molecule has 0 fully saturated rings. The molecule has 6 nitrogen and oxygen atoms in total. The lowest BCUT2D eigenvalue weighted by Gasteiger charge is -2.39. The monoisotopic (exact) mass is 536 g/mol. The van der Waals surface area contributed by atoms with Crippen molar-refractivity contribution in [1.82, 2.24) is 4.98 Å². The van der Waals surface area contributed by atoms with Gasteiger partial charge in [0.2, 0.25) is 0 Å². The van der Waals surface area contributed by atoms with E-state index in [2.05, 4.69) is 17.1 Å². The molecule has 3 heterocycles. The van der Waals surface area contributed by atoms with E-state index < -0.39 is 29.2 Å². The Morgan fingerprint density at radius 2 is 2.00 bits per heavy atom. The van der Waals surface area contributed by atoms with Crippen molar-refractivity contribution in [2.75, 3.05) is 13.2 Å². The zero-order valence-electron chi connectivity index (χ0n) is 23.2. The van der Waals surface area contributed by atoms with E-state index in [1.165, 1.54) is 13.0 Å². The second-order valence-electron chi connectivity index (χ2n) is 11.5. The Balaban J connectivity index is 1.73. The van der Waals surface area contributed by atoms with Crippen molar-refractivity contribution in [3.63, 3.8) is 0 Å². The number of nitrogens with zero attached hydrogens (tertiary/aromatic N) is 2. The van der Waals surface area contributed by atoms with Crippen LogP contribution in [0.25, 0.3) is 16.5 Å². The highest BCUT2D eigenvalue weighted by molar-refractivity contribution is 5.98. The molecule has 8 heteroatoms. The summed E-state index contributed by atoms with van der Waals surface area (Å²) in [6.45, 7) is 10.6. The number of pyridine rings is 1. The first-order valence-electron chi connectivity index (χ1n) is 13.2. The largest absolute Gasteiger partial charge is 0.463 e. The van der Waals surface area contributed by atoms with Crippen LogP contribution in [0.15, 0.2) is 52.7 Å². The fourth-order valence-corrected chi connectivity index (χ4v) is 5.49. The summed E-state index contributed by atoms with van der Waals surface area (Å²) in [6, 6.07) is 4.86. The molecule has 2 aromatic rings. The molecule has 1 aliphatic carbocycles. The maximum absolute atomic E-state index is 14.2. The molecule has 0 amide bonds. The maximum Gasteiger partial charge on any atom is 0.302 e. The number of allylic oxidation sites excluding steroid dienone is 2. The Bertz CT molecular complexity index is 1460. The van der Waals surface area contributed by atoms with Crippen LogP contribution in [0, 0.1) is 6.92 Å². The van der Waals surface area contributed by atoms with Gasteiger partial charge in [0.05, 0.1) is 23.4 Å². The Hall–Kier alpha value is -3.23. The van der Waals surface area contributed by atoms with Crippen molar-refractivity contribution in [1.29, 1.82) is 0 Å². The first kappa shape index (κ1) is 27.3. The molecule has 0 saturated carbocycles. The van der Waals surface area contributed by atoms with Crippen LogP contribution in [-0.4, -0.2) is 41.6 Å². The van der Waals surface area contributed by atoms with Gasteiger partial charge in [-0.15, -0.1) is 0 Å². The number of ether oxygens (including phenoxy) is 3. The van der Waals surface area contributed by atoms with Crippen LogP contribution in [0.1, 0.15) is 75.9 Å². The van der Waals surface area contributed by atoms with Crippen molar-refractivity contribution in [3.8, 4) is 0 Å². The van der Waals surface area contributed by atoms with Gasteiger partial charge in [0.15, 0.2) is 0 Å². The van der Waals surface area contributed by atoms with Gasteiger partial charge in [0.25, 0.3) is 5.92 Å². The lowest BCUT2D eigenvalue weighted by atomic mass is 9.79. The van der Waals surface area contributed by atoms with Gasteiger partial charge in [-0.25, -0.2) is 4.98 Å². The van der Waals surface area contributed by atoms with Gasteiger partial charge in [0, 0.05) is 31.9 Å². The maximum atomic E-state index is 14.2. The molecular formula is C31H34F2N2O4. The molecule has 206 valence electrons. The number of aromatic nitrogens is 1. The van der Waals surface area contributed by atoms with Crippen LogP contribution in [0.3, 0.4) is 0 Å². The van der Waals surface area contributed by atoms with Crippen LogP contribution in [0.2, 0.25) is 0 Å². The first-order valence-corrected chi connectivity index (χ1v) is 13.2. The number of carbonyl (C=O) groups is 1. The molecule has 1 aromatic heterocycles. The molecule has 0 radical (unpaired) electrons. The number of rotatable bonds is 6. The van der Waals surface area contributed by atoms with E-state index in [0.29, 0.717) is 23.9 Å². The lowest BCUT2D eigenvalue weighted by Crippen LogP contribution is -2.39. The molecule has 1 spiro atoms. The normalized spacial score (nSPS) is 21.6. The average Bonchev–Trinajstić information content (AvgIpc) is 2.84. The summed E-state index contributed by atoms with van der Waals surface area (Å²) >= 11 is 0. The number of hydrogen-bond donors (Lipinski definition) is 0. The molecule has 2 atom stereocenters. The SMILES string of the molecule is CC(=O)OC[C@@H](OC(C)(C)C)c1c(C)cc2nc(C(C)(F)F)ccc2c1C1=CC[C@@]23C=C(C=NC2=C1)CCO3. The van der Waals surface area contributed by atoms with E-state index in [1.807, 2.05) is 40.0 Å². The highest BCUT2D eigenvalue weighted by Crippen LogP contribution is 2.45. The van der Waals surface area contributed by atoms with Crippen molar-refractivity contribution >= 4 is 28.7 Å². The van der Waals surface area contributed by atoms with Crippen LogP contribution < -0.4 is 0 Å². The molecule has 0 unspecified atom stereocenters. The van der Waals surface area contributed by atoms with Crippen LogP contribution in [0.5, 0.6) is 0 Å². The number of aliphatic imine (C=N–C) groups is 1. The second-order valence-corrected chi connectivity index (χ2v) is 11.5. The quantitative estimate of drug-likeness (QED) is 0.375. The number of aryl methyl sites for hydroxylation is 1. The minimum Gasteiger partial charge on any atom is -0.463 e. The topological polar surface area (TPSA) is 70.0 Å². The summed E-state index contributed by atoms with van der Waals surface area (Å²) < 4.78 is 46.6. The summed E-state index contributed by atoms with van der Waals surface area (Å²) in [5, 5.41) is 0.702. The number of fused-ring (bicyclic) bond motifs is 1. The Morgan fingerprint density at radius 1 is 1.23 bits per heavy atom. The van der Waals surface area contributed by atoms with Gasteiger partial charge in [0.1, 0.15) is 24.0 Å². The van der Waals surface area contributed by atoms with Gasteiger partial charge in [-0.2, -0.15) is 8.78 Å². The number of hydrogen-bond acceptors (Lipinski definition) is 6. The molecular weight excluding hydrogens is 502 g/mol. The van der Waals surface area contributed by atoms with Crippen molar-refractivity contribution in [2.24, 2.45) is 4.99 Å². The number of benzene rings is 1. The molecule has 1 aromatic carbocycles. The van der Waals surface area contributed by atoms with Gasteiger partial charge < -0.3 is 14.2 Å². The molecule has 3 aliphatic rings. The fraction of sp³-hybridized carbons (Fsp3) is 0.452. The molecule has 2 bridgehead atoms. The highest BCUT2D eigenvalue weighted by atomic mass is 19.3. The zero-order chi connectivity index (χ0) is 28.2. The molecule has 2 aliphatic heterocycles. The molecule has 5 rings (SSSR count). The van der Waals surface area contributed by atoms with Crippen LogP contribution >= 0.6 is 0 Å². The lowest BCUT2D eigenvalue weighted by molar-refractivity contribution is -0.150. The van der Waals surface area contributed by atoms with Gasteiger partial charge in [-0.05, 0) is 86.2 Å². The third-order valence-electron chi connectivity index (χ3n) is 7.13. The number of alkyl halides is 2. The molecule has 39 heavy (non-hydrogen) atoms. The van der Waals surface area contributed by atoms with E-state index in [-0.39, 0.29) is 12.3 Å². The minimum atomic E-state index is -3.08. The number of carbonyl (C=O) groups excluding carboxylic acids is 1. The van der Waals surface area contributed by atoms with Gasteiger partial charge in [-0.3, -0.25) is 9.79 Å². The summed E-state index contributed by atoms with van der Waals surface area (Å²) in [7, 11) is 0. The van der Waals surface area contributed by atoms with Gasteiger partial charge >= 0.3 is 5.97 Å². The number of halogens is 2. The van der Waals surface area contributed by atoms with E-state index >= 15 is 0 Å². The Labute approximate surface area is 227 Å². The van der Waals surface area contributed by atoms with Gasteiger partial charge in [-0.1, -0.05) is 12.1 Å². The summed E-state index contributed by atoms with van der Waals surface area (Å²) in [5.74, 6) is -3.49. The smallest absolute Gasteiger partial charge is 0.302 e. The highest BCUT2D eigenvalue weighted by Gasteiger charge is 2.40. The fourth-order valence-electron chi connectivity index (χ4n) is 5.49. The van der Waals surface area contributed by atoms with E-state index in [0.717, 1.165) is 46.9 Å². The average molecular weight is 537 g/mol. The second kappa shape index (κ2) is 9.75.